The second-order valence-electron chi connectivity index (χ2n) is 10.2. The number of para-hydroxylation sites is 1. The Morgan fingerprint density at radius 3 is 2.26 bits per heavy atom. The molecule has 0 amide bonds. The lowest BCUT2D eigenvalue weighted by molar-refractivity contribution is 0.0514. The summed E-state index contributed by atoms with van der Waals surface area (Å²) in [6, 6.07) is 30.3. The van der Waals surface area contributed by atoms with E-state index in [1.54, 1.807) is 13.0 Å². The Balaban J connectivity index is 1.17. The molecule has 1 unspecified atom stereocenters. The Hall–Kier alpha value is -4.46. The number of nitrogens with zero attached hydrogens (tertiary/aromatic N) is 2. The van der Waals surface area contributed by atoms with Crippen molar-refractivity contribution < 1.29 is 23.9 Å². The zero-order valence-electron chi connectivity index (χ0n) is 23.8. The van der Waals surface area contributed by atoms with Crippen molar-refractivity contribution in [1.82, 2.24) is 10.1 Å². The van der Waals surface area contributed by atoms with E-state index in [1.807, 2.05) is 30.3 Å². The molecule has 1 aromatic heterocycles. The molecule has 0 bridgehead atoms. The first-order valence-electron chi connectivity index (χ1n) is 14.4. The van der Waals surface area contributed by atoms with Crippen LogP contribution in [-0.4, -0.2) is 60.1 Å². The Labute approximate surface area is 246 Å². The van der Waals surface area contributed by atoms with Gasteiger partial charge in [-0.05, 0) is 54.7 Å². The summed E-state index contributed by atoms with van der Waals surface area (Å²) >= 11 is 0. The molecular formula is C35H36N2O5. The summed E-state index contributed by atoms with van der Waals surface area (Å²) in [4.78, 5) is 14.1. The number of carbonyl (C=O) groups is 1. The van der Waals surface area contributed by atoms with Crippen LogP contribution in [0.2, 0.25) is 0 Å². The molecule has 1 aliphatic heterocycles. The molecule has 0 radical (unpaired) electrons. The van der Waals surface area contributed by atoms with Gasteiger partial charge in [-0.15, -0.1) is 0 Å². The summed E-state index contributed by atoms with van der Waals surface area (Å²) in [6.07, 6.45) is 4.83. The quantitative estimate of drug-likeness (QED) is 0.212. The fourth-order valence-corrected chi connectivity index (χ4v) is 5.17. The van der Waals surface area contributed by atoms with Crippen LogP contribution in [0.4, 0.5) is 0 Å². The zero-order chi connectivity index (χ0) is 29.1. The molecule has 0 spiro atoms. The molecule has 1 N–H and O–H groups in total. The van der Waals surface area contributed by atoms with Crippen molar-refractivity contribution in [3.63, 3.8) is 0 Å². The summed E-state index contributed by atoms with van der Waals surface area (Å²) < 4.78 is 16.2. The number of ether oxygens (including phenoxy) is 2. The highest BCUT2D eigenvalue weighted by Crippen LogP contribution is 2.32. The molecule has 1 saturated heterocycles. The third-order valence-electron chi connectivity index (χ3n) is 7.20. The van der Waals surface area contributed by atoms with Gasteiger partial charge < -0.3 is 19.1 Å². The number of benzene rings is 3. The summed E-state index contributed by atoms with van der Waals surface area (Å²) in [5.74, 6) is 0.554. The van der Waals surface area contributed by atoms with Gasteiger partial charge in [0.15, 0.2) is 11.5 Å². The van der Waals surface area contributed by atoms with Gasteiger partial charge in [0.2, 0.25) is 0 Å². The fraction of sp³-hybridized carbons (Fsp3) is 0.257. The van der Waals surface area contributed by atoms with Gasteiger partial charge in [0.1, 0.15) is 18.5 Å². The van der Waals surface area contributed by atoms with E-state index in [1.165, 1.54) is 28.3 Å². The molecule has 42 heavy (non-hydrogen) atoms. The molecule has 0 aliphatic carbocycles. The van der Waals surface area contributed by atoms with Crippen LogP contribution >= 0.6 is 0 Å². The smallest absolute Gasteiger partial charge is 0.360 e. The van der Waals surface area contributed by atoms with Gasteiger partial charge >= 0.3 is 5.97 Å². The number of aromatic nitrogens is 1. The Bertz CT molecular complexity index is 1460. The Kier molecular flexibility index (Phi) is 9.98. The molecule has 4 aromatic rings. The van der Waals surface area contributed by atoms with Crippen molar-refractivity contribution in [3.05, 3.63) is 125 Å². The summed E-state index contributed by atoms with van der Waals surface area (Å²) in [5, 5.41) is 14.6. The zero-order valence-corrected chi connectivity index (χ0v) is 23.8. The Morgan fingerprint density at radius 1 is 0.952 bits per heavy atom. The first-order valence-corrected chi connectivity index (χ1v) is 14.4. The normalized spacial score (nSPS) is 14.6. The highest BCUT2D eigenvalue weighted by atomic mass is 16.5. The number of hydrogen-bond acceptors (Lipinski definition) is 7. The van der Waals surface area contributed by atoms with Gasteiger partial charge in [-0.25, -0.2) is 4.79 Å². The number of rotatable bonds is 11. The second-order valence-corrected chi connectivity index (χ2v) is 10.2. The molecule has 2 heterocycles. The van der Waals surface area contributed by atoms with Crippen molar-refractivity contribution in [2.45, 2.75) is 25.9 Å². The van der Waals surface area contributed by atoms with Crippen LogP contribution in [-0.2, 0) is 4.74 Å². The molecule has 1 fully saturated rings. The molecule has 3 aromatic carbocycles. The molecular weight excluding hydrogens is 528 g/mol. The molecule has 7 nitrogen and oxygen atoms in total. The van der Waals surface area contributed by atoms with E-state index >= 15 is 0 Å². The summed E-state index contributed by atoms with van der Waals surface area (Å²) in [5.41, 5.74) is 6.22. The first kappa shape index (κ1) is 29.0. The lowest BCUT2D eigenvalue weighted by Gasteiger charge is -2.31. The number of piperidine rings is 1. The standard InChI is InChI=1S/C35H36N2O5/c1-2-40-35(39)32-23-31(42-36-32)18-17-26-11-9-10-16-33(26)41-25-30(38)24-37-21-19-29(20-22-37)34(27-12-5-3-6-13-27)28-14-7-4-8-15-28/h3-18,23,30,38H,2,19-22,24-25H2,1H3. The van der Waals surface area contributed by atoms with Crippen molar-refractivity contribution in [2.75, 3.05) is 32.8 Å². The minimum absolute atomic E-state index is 0.126. The number of β-amino-alcohol motifs (C(OH)–C–C–N with tert-alkyl or cyclic N) is 1. The van der Waals surface area contributed by atoms with E-state index in [4.69, 9.17) is 14.0 Å². The van der Waals surface area contributed by atoms with Gasteiger partial charge in [0.25, 0.3) is 0 Å². The number of hydrogen-bond donors (Lipinski definition) is 1. The van der Waals surface area contributed by atoms with E-state index in [2.05, 4.69) is 70.7 Å². The van der Waals surface area contributed by atoms with E-state index in [0.29, 0.717) is 18.1 Å². The number of likely N-dealkylation sites (tertiary alicyclic amines) is 1. The minimum Gasteiger partial charge on any atom is -0.490 e. The number of aliphatic hydroxyl groups is 1. The Morgan fingerprint density at radius 2 is 1.60 bits per heavy atom. The maximum Gasteiger partial charge on any atom is 0.360 e. The van der Waals surface area contributed by atoms with Crippen molar-refractivity contribution >= 4 is 23.7 Å². The lowest BCUT2D eigenvalue weighted by Crippen LogP contribution is -2.39. The fourth-order valence-electron chi connectivity index (χ4n) is 5.17. The number of esters is 1. The summed E-state index contributed by atoms with van der Waals surface area (Å²) in [7, 11) is 0. The highest BCUT2D eigenvalue weighted by Gasteiger charge is 2.21. The van der Waals surface area contributed by atoms with Gasteiger partial charge in [-0.3, -0.25) is 4.90 Å². The summed E-state index contributed by atoms with van der Waals surface area (Å²) in [6.45, 7) is 4.51. The van der Waals surface area contributed by atoms with Crippen molar-refractivity contribution in [2.24, 2.45) is 0 Å². The van der Waals surface area contributed by atoms with Crippen LogP contribution in [0, 0.1) is 0 Å². The van der Waals surface area contributed by atoms with E-state index in [9.17, 15) is 9.90 Å². The van der Waals surface area contributed by atoms with E-state index in [0.717, 1.165) is 31.5 Å². The molecule has 5 rings (SSSR count). The lowest BCUT2D eigenvalue weighted by atomic mass is 9.88. The van der Waals surface area contributed by atoms with E-state index < -0.39 is 12.1 Å². The minimum atomic E-state index is -0.628. The van der Waals surface area contributed by atoms with Crippen LogP contribution in [0.3, 0.4) is 0 Å². The number of aliphatic hydroxyl groups excluding tert-OH is 1. The van der Waals surface area contributed by atoms with Crippen LogP contribution < -0.4 is 4.74 Å². The van der Waals surface area contributed by atoms with Crippen LogP contribution in [0.5, 0.6) is 5.75 Å². The monoisotopic (exact) mass is 564 g/mol. The van der Waals surface area contributed by atoms with Crippen LogP contribution in [0.15, 0.2) is 101 Å². The predicted molar refractivity (Wildman–Crippen MR) is 164 cm³/mol. The van der Waals surface area contributed by atoms with Crippen LogP contribution in [0.25, 0.3) is 17.7 Å². The molecule has 0 saturated carbocycles. The highest BCUT2D eigenvalue weighted by molar-refractivity contribution is 5.88. The topological polar surface area (TPSA) is 85.0 Å². The predicted octanol–water partition coefficient (Wildman–Crippen LogP) is 6.36. The third kappa shape index (κ3) is 7.63. The van der Waals surface area contributed by atoms with Crippen LogP contribution in [0.1, 0.15) is 52.7 Å². The second kappa shape index (κ2) is 14.4. The van der Waals surface area contributed by atoms with E-state index in [-0.39, 0.29) is 18.9 Å². The van der Waals surface area contributed by atoms with Gasteiger partial charge in [-0.1, -0.05) is 89.6 Å². The SMILES string of the molecule is CCOC(=O)c1cc(C=Cc2ccccc2OCC(O)CN2CCC(=C(c3ccccc3)c3ccccc3)CC2)on1. The molecule has 7 heteroatoms. The largest absolute Gasteiger partial charge is 0.490 e. The van der Waals surface area contributed by atoms with Crippen molar-refractivity contribution in [3.8, 4) is 5.75 Å². The van der Waals surface area contributed by atoms with Crippen molar-refractivity contribution in [1.29, 1.82) is 0 Å². The molecule has 1 atom stereocenters. The molecule has 216 valence electrons. The molecule has 1 aliphatic rings. The average Bonchev–Trinajstić information content (AvgIpc) is 3.51. The maximum absolute atomic E-state index is 11.8. The number of carbonyl (C=O) groups excluding carboxylic acids is 1. The average molecular weight is 565 g/mol. The van der Waals surface area contributed by atoms with Gasteiger partial charge in [0, 0.05) is 31.3 Å². The van der Waals surface area contributed by atoms with Gasteiger partial charge in [0.05, 0.1) is 6.61 Å². The van der Waals surface area contributed by atoms with Gasteiger partial charge in [-0.2, -0.15) is 0 Å². The first-order chi connectivity index (χ1) is 20.6. The maximum atomic E-state index is 11.8. The third-order valence-corrected chi connectivity index (χ3v) is 7.20.